The fourth-order valence-electron chi connectivity index (χ4n) is 1.36. The largest absolute Gasteiger partial charge is 0.477 e. The molecule has 0 aliphatic heterocycles. The highest BCUT2D eigenvalue weighted by atomic mass is 35.5. The lowest BCUT2D eigenvalue weighted by Crippen LogP contribution is -1.96. The molecule has 1 N–H and O–H groups in total. The minimum Gasteiger partial charge on any atom is -0.477 e. The van der Waals surface area contributed by atoms with Crippen LogP contribution in [0.4, 0.5) is 0 Å². The van der Waals surface area contributed by atoms with Gasteiger partial charge in [-0.25, -0.2) is 4.79 Å². The number of rotatable bonds is 4. The van der Waals surface area contributed by atoms with Crippen LogP contribution >= 0.6 is 46.3 Å². The summed E-state index contributed by atoms with van der Waals surface area (Å²) in [4.78, 5) is 12.3. The Morgan fingerprint density at radius 1 is 1.28 bits per heavy atom. The molecule has 94 valence electrons. The standard InChI is InChI=1S/C12H8Cl2O2S2/c13-9-2-1-8(5-10(9)14)18-6-7-3-4-17-11(7)12(15)16/h1-5H,6H2,(H,15,16). The van der Waals surface area contributed by atoms with Crippen molar-refractivity contribution in [3.05, 3.63) is 50.1 Å². The first-order chi connectivity index (χ1) is 8.58. The number of carbonyl (C=O) groups is 1. The van der Waals surface area contributed by atoms with Gasteiger partial charge in [-0.05, 0) is 35.2 Å². The Morgan fingerprint density at radius 2 is 2.06 bits per heavy atom. The van der Waals surface area contributed by atoms with Crippen LogP contribution in [0.1, 0.15) is 15.2 Å². The zero-order valence-electron chi connectivity index (χ0n) is 9.02. The summed E-state index contributed by atoms with van der Waals surface area (Å²) in [7, 11) is 0. The third-order valence-corrected chi connectivity index (χ3v) is 4.95. The lowest BCUT2D eigenvalue weighted by molar-refractivity contribution is 0.0701. The number of carboxylic acids is 1. The Hall–Kier alpha value is -0.680. The van der Waals surface area contributed by atoms with Crippen LogP contribution in [-0.2, 0) is 5.75 Å². The van der Waals surface area contributed by atoms with Crippen molar-refractivity contribution in [1.82, 2.24) is 0 Å². The van der Waals surface area contributed by atoms with Crippen LogP contribution in [0.25, 0.3) is 0 Å². The maximum Gasteiger partial charge on any atom is 0.346 e. The first kappa shape index (κ1) is 13.7. The first-order valence-electron chi connectivity index (χ1n) is 4.95. The average molecular weight is 319 g/mol. The van der Waals surface area contributed by atoms with E-state index in [0.29, 0.717) is 20.7 Å². The van der Waals surface area contributed by atoms with E-state index in [1.54, 1.807) is 17.5 Å². The second-order valence-electron chi connectivity index (χ2n) is 3.44. The lowest BCUT2D eigenvalue weighted by atomic mass is 10.3. The third-order valence-electron chi connectivity index (χ3n) is 2.23. The molecule has 0 unspecified atom stereocenters. The predicted octanol–water partition coefficient (Wildman–Crippen LogP) is 5.05. The van der Waals surface area contributed by atoms with E-state index in [1.807, 2.05) is 12.1 Å². The summed E-state index contributed by atoms with van der Waals surface area (Å²) in [5.74, 6) is -0.280. The summed E-state index contributed by atoms with van der Waals surface area (Å²) in [6.07, 6.45) is 0. The highest BCUT2D eigenvalue weighted by molar-refractivity contribution is 7.98. The Bertz CT molecular complexity index is 581. The second kappa shape index (κ2) is 5.97. The van der Waals surface area contributed by atoms with Crippen LogP contribution in [-0.4, -0.2) is 11.1 Å². The van der Waals surface area contributed by atoms with E-state index in [2.05, 4.69) is 0 Å². The van der Waals surface area contributed by atoms with Gasteiger partial charge in [-0.15, -0.1) is 23.1 Å². The Labute approximate surface area is 123 Å². The second-order valence-corrected chi connectivity index (χ2v) is 6.22. The number of aromatic carboxylic acids is 1. The van der Waals surface area contributed by atoms with Crippen LogP contribution in [0.2, 0.25) is 10.0 Å². The summed E-state index contributed by atoms with van der Waals surface area (Å²) in [6.45, 7) is 0. The smallest absolute Gasteiger partial charge is 0.346 e. The van der Waals surface area contributed by atoms with Crippen LogP contribution < -0.4 is 0 Å². The molecule has 0 amide bonds. The fraction of sp³-hybridized carbons (Fsp3) is 0.0833. The molecule has 0 radical (unpaired) electrons. The maximum atomic E-state index is 11.0. The Balaban J connectivity index is 2.09. The van der Waals surface area contributed by atoms with Crippen molar-refractivity contribution >= 4 is 52.3 Å². The fourth-order valence-corrected chi connectivity index (χ4v) is 3.51. The van der Waals surface area contributed by atoms with Gasteiger partial charge in [0.25, 0.3) is 0 Å². The van der Waals surface area contributed by atoms with Crippen molar-refractivity contribution in [3.63, 3.8) is 0 Å². The molecule has 0 aliphatic carbocycles. The van der Waals surface area contributed by atoms with Gasteiger partial charge in [-0.3, -0.25) is 0 Å². The van der Waals surface area contributed by atoms with Gasteiger partial charge in [0.1, 0.15) is 4.88 Å². The van der Waals surface area contributed by atoms with E-state index >= 15 is 0 Å². The molecule has 0 fully saturated rings. The highest BCUT2D eigenvalue weighted by Crippen LogP contribution is 2.31. The molecule has 6 heteroatoms. The van der Waals surface area contributed by atoms with Crippen LogP contribution in [0.5, 0.6) is 0 Å². The van der Waals surface area contributed by atoms with Gasteiger partial charge in [-0.1, -0.05) is 23.2 Å². The van der Waals surface area contributed by atoms with Crippen molar-refractivity contribution in [2.24, 2.45) is 0 Å². The van der Waals surface area contributed by atoms with Crippen molar-refractivity contribution in [2.45, 2.75) is 10.6 Å². The summed E-state index contributed by atoms with van der Waals surface area (Å²) in [6, 6.07) is 7.21. The van der Waals surface area contributed by atoms with E-state index in [4.69, 9.17) is 28.3 Å². The number of hydrogen-bond acceptors (Lipinski definition) is 3. The van der Waals surface area contributed by atoms with Gasteiger partial charge in [-0.2, -0.15) is 0 Å². The highest BCUT2D eigenvalue weighted by Gasteiger charge is 2.11. The number of thioether (sulfide) groups is 1. The quantitative estimate of drug-likeness (QED) is 0.802. The van der Waals surface area contributed by atoms with Crippen molar-refractivity contribution < 1.29 is 9.90 Å². The van der Waals surface area contributed by atoms with E-state index in [0.717, 1.165) is 10.5 Å². The Morgan fingerprint density at radius 3 is 2.72 bits per heavy atom. The summed E-state index contributed by atoms with van der Waals surface area (Å²) in [5.41, 5.74) is 0.823. The molecule has 0 saturated carbocycles. The van der Waals surface area contributed by atoms with E-state index < -0.39 is 5.97 Å². The molecule has 1 aromatic heterocycles. The lowest BCUT2D eigenvalue weighted by Gasteiger charge is -2.03. The number of benzene rings is 1. The number of halogens is 2. The SMILES string of the molecule is O=C(O)c1sccc1CSc1ccc(Cl)c(Cl)c1. The number of carboxylic acid groups (broad SMARTS) is 1. The minimum absolute atomic E-state index is 0.391. The van der Waals surface area contributed by atoms with E-state index in [9.17, 15) is 4.79 Å². The summed E-state index contributed by atoms with van der Waals surface area (Å²) < 4.78 is 0. The first-order valence-corrected chi connectivity index (χ1v) is 7.57. The van der Waals surface area contributed by atoms with E-state index in [-0.39, 0.29) is 0 Å². The van der Waals surface area contributed by atoms with Crippen LogP contribution in [0.3, 0.4) is 0 Å². The van der Waals surface area contributed by atoms with Crippen molar-refractivity contribution in [2.75, 3.05) is 0 Å². The molecule has 2 rings (SSSR count). The molecule has 18 heavy (non-hydrogen) atoms. The molecule has 0 bridgehead atoms. The zero-order valence-corrected chi connectivity index (χ0v) is 12.2. The van der Waals surface area contributed by atoms with Crippen LogP contribution in [0, 0.1) is 0 Å². The van der Waals surface area contributed by atoms with Crippen molar-refractivity contribution in [1.29, 1.82) is 0 Å². The van der Waals surface area contributed by atoms with Gasteiger partial charge in [0.05, 0.1) is 10.0 Å². The molecule has 0 spiro atoms. The summed E-state index contributed by atoms with van der Waals surface area (Å²) >= 11 is 14.5. The normalized spacial score (nSPS) is 10.6. The number of hydrogen-bond donors (Lipinski definition) is 1. The molecule has 2 nitrogen and oxygen atoms in total. The average Bonchev–Trinajstić information content (AvgIpc) is 2.79. The third kappa shape index (κ3) is 3.20. The number of thiophene rings is 1. The van der Waals surface area contributed by atoms with Gasteiger partial charge < -0.3 is 5.11 Å². The van der Waals surface area contributed by atoms with Gasteiger partial charge in [0.15, 0.2) is 0 Å². The van der Waals surface area contributed by atoms with Gasteiger partial charge >= 0.3 is 5.97 Å². The molecule has 0 saturated heterocycles. The molecule has 0 atom stereocenters. The predicted molar refractivity (Wildman–Crippen MR) is 77.3 cm³/mol. The molecule has 2 aromatic rings. The van der Waals surface area contributed by atoms with Crippen LogP contribution in [0.15, 0.2) is 34.5 Å². The summed E-state index contributed by atoms with van der Waals surface area (Å²) in [5, 5.41) is 11.8. The van der Waals surface area contributed by atoms with Gasteiger partial charge in [0.2, 0.25) is 0 Å². The van der Waals surface area contributed by atoms with E-state index in [1.165, 1.54) is 23.1 Å². The molecular formula is C12H8Cl2O2S2. The van der Waals surface area contributed by atoms with Crippen molar-refractivity contribution in [3.8, 4) is 0 Å². The molecular weight excluding hydrogens is 311 g/mol. The van der Waals surface area contributed by atoms with Gasteiger partial charge in [0, 0.05) is 10.6 Å². The zero-order chi connectivity index (χ0) is 13.1. The molecule has 1 aromatic carbocycles. The molecule has 1 heterocycles. The minimum atomic E-state index is -0.880. The topological polar surface area (TPSA) is 37.3 Å². The Kier molecular flexibility index (Phi) is 4.56. The monoisotopic (exact) mass is 318 g/mol. The molecule has 0 aliphatic rings. The maximum absolute atomic E-state index is 11.0.